The number of anilines is 1. The fourth-order valence-electron chi connectivity index (χ4n) is 8.65. The molecule has 2 aromatic heterocycles. The van der Waals surface area contributed by atoms with Crippen LogP contribution in [0.1, 0.15) is 61.6 Å². The Morgan fingerprint density at radius 1 is 1.10 bits per heavy atom. The Hall–Kier alpha value is -4.56. The number of amides is 2. The average Bonchev–Trinajstić information content (AvgIpc) is 3.48. The number of ether oxygens (including phenoxy) is 3. The van der Waals surface area contributed by atoms with Crippen LogP contribution in [0.3, 0.4) is 0 Å². The molecule has 5 aliphatic rings. The van der Waals surface area contributed by atoms with E-state index in [2.05, 4.69) is 35.0 Å². The number of halogens is 1. The van der Waals surface area contributed by atoms with Gasteiger partial charge in [0.2, 0.25) is 0 Å². The highest BCUT2D eigenvalue weighted by atomic mass is 19.1. The number of carbonyl (C=O) groups excluding carboxylic acids is 2. The number of likely N-dealkylation sites (tertiary alicyclic amines) is 1. The number of fused-ring (bicyclic) bond motifs is 1. The number of carbonyl (C=O) groups is 2. The molecule has 2 amide bonds. The van der Waals surface area contributed by atoms with E-state index in [1.54, 1.807) is 11.1 Å². The maximum atomic E-state index is 14.3. The molecule has 3 aromatic rings. The summed E-state index contributed by atoms with van der Waals surface area (Å²) in [7, 11) is 0. The smallest absolute Gasteiger partial charge is 0.407 e. The maximum Gasteiger partial charge on any atom is 0.407 e. The summed E-state index contributed by atoms with van der Waals surface area (Å²) in [6.07, 6.45) is 8.68. The minimum absolute atomic E-state index is 0.0453. The van der Waals surface area contributed by atoms with Crippen LogP contribution < -0.4 is 19.7 Å². The minimum atomic E-state index is -0.499. The first-order valence-electron chi connectivity index (χ1n) is 18.5. The van der Waals surface area contributed by atoms with Crippen LogP contribution in [0.15, 0.2) is 43.0 Å². The number of pyridine rings is 1. The Labute approximate surface area is 303 Å². The standard InChI is InChI=1S/C38H47FN8O5/c1-4-47(25(2)3)35(48)28-14-26(39)6-7-31(28)52-33-17-40-24-42-34(33)46-19-37(20-46)15-27(16-37)51-32-8-10-41-30-9-13-44(18-29(30)32)11-5-12-45-21-38(22-45)23-50-36(49)43-38/h6-8,10,14,17,24-25,27H,4-5,9,11-13,15-16,18-23H2,1-3H3,(H,43,49). The van der Waals surface area contributed by atoms with Gasteiger partial charge in [0.05, 0.1) is 11.8 Å². The van der Waals surface area contributed by atoms with Crippen LogP contribution in [-0.4, -0.2) is 118 Å². The number of cyclic esters (lactones) is 1. The second kappa shape index (κ2) is 13.8. The van der Waals surface area contributed by atoms with Gasteiger partial charge in [-0.3, -0.25) is 19.6 Å². The monoisotopic (exact) mass is 714 g/mol. The van der Waals surface area contributed by atoms with Crippen molar-refractivity contribution >= 4 is 17.8 Å². The highest BCUT2D eigenvalue weighted by Crippen LogP contribution is 2.52. The van der Waals surface area contributed by atoms with Crippen molar-refractivity contribution in [2.24, 2.45) is 5.41 Å². The number of nitrogens with one attached hydrogen (secondary N) is 1. The van der Waals surface area contributed by atoms with Gasteiger partial charge in [0.1, 0.15) is 41.9 Å². The molecule has 14 heteroatoms. The zero-order valence-corrected chi connectivity index (χ0v) is 30.1. The van der Waals surface area contributed by atoms with Gasteiger partial charge in [-0.2, -0.15) is 0 Å². The Kier molecular flexibility index (Phi) is 9.14. The average molecular weight is 715 g/mol. The van der Waals surface area contributed by atoms with Crippen LogP contribution in [0.4, 0.5) is 15.0 Å². The molecular formula is C38H47FN8O5. The van der Waals surface area contributed by atoms with Crippen LogP contribution in [0, 0.1) is 11.2 Å². The van der Waals surface area contributed by atoms with Gasteiger partial charge in [-0.15, -0.1) is 0 Å². The summed E-state index contributed by atoms with van der Waals surface area (Å²) in [4.78, 5) is 47.0. The molecule has 1 aliphatic carbocycles. The lowest BCUT2D eigenvalue weighted by atomic mass is 9.61. The van der Waals surface area contributed by atoms with E-state index in [1.165, 1.54) is 30.1 Å². The number of rotatable bonds is 12. The summed E-state index contributed by atoms with van der Waals surface area (Å²) in [5.41, 5.74) is 2.48. The SMILES string of the molecule is CCN(C(=O)c1cc(F)ccc1Oc1cncnc1N1CC2(CC(Oc3ccnc4c3CN(CCCN3CC5(COC(=O)N5)C3)CC4)C2)C1)C(C)C. The molecule has 2 spiro atoms. The van der Waals surface area contributed by atoms with E-state index in [4.69, 9.17) is 14.2 Å². The first-order valence-corrected chi connectivity index (χ1v) is 18.5. The molecule has 4 aliphatic heterocycles. The fraction of sp³-hybridized carbons (Fsp3) is 0.553. The van der Waals surface area contributed by atoms with E-state index < -0.39 is 5.82 Å². The highest BCUT2D eigenvalue weighted by Gasteiger charge is 2.54. The predicted octanol–water partition coefficient (Wildman–Crippen LogP) is 4.26. The molecule has 4 fully saturated rings. The summed E-state index contributed by atoms with van der Waals surface area (Å²) < 4.78 is 32.3. The van der Waals surface area contributed by atoms with Crippen molar-refractivity contribution in [2.75, 3.05) is 63.9 Å². The number of alkyl carbamates (subject to hydrolysis) is 1. The zero-order chi connectivity index (χ0) is 36.0. The van der Waals surface area contributed by atoms with Crippen LogP contribution in [0.5, 0.6) is 17.2 Å². The predicted molar refractivity (Wildman–Crippen MR) is 190 cm³/mol. The van der Waals surface area contributed by atoms with Crippen molar-refractivity contribution in [2.45, 2.75) is 70.7 Å². The highest BCUT2D eigenvalue weighted by molar-refractivity contribution is 5.97. The molecule has 0 atom stereocenters. The number of nitrogens with zero attached hydrogens (tertiary/aromatic N) is 7. The van der Waals surface area contributed by atoms with Gasteiger partial charge < -0.3 is 29.3 Å². The molecule has 1 N–H and O–H groups in total. The number of hydrogen-bond donors (Lipinski definition) is 1. The lowest BCUT2D eigenvalue weighted by molar-refractivity contribution is -0.0353. The lowest BCUT2D eigenvalue weighted by Gasteiger charge is -2.59. The number of hydrogen-bond acceptors (Lipinski definition) is 11. The quantitative estimate of drug-likeness (QED) is 0.289. The van der Waals surface area contributed by atoms with E-state index in [0.29, 0.717) is 24.7 Å². The third kappa shape index (κ3) is 6.73. The van der Waals surface area contributed by atoms with Gasteiger partial charge in [-0.05, 0) is 77.4 Å². The van der Waals surface area contributed by atoms with Crippen LogP contribution in [-0.2, 0) is 17.7 Å². The van der Waals surface area contributed by atoms with Crippen LogP contribution >= 0.6 is 0 Å². The second-order valence-electron chi connectivity index (χ2n) is 15.4. The third-order valence-corrected chi connectivity index (χ3v) is 11.2. The normalized spacial score (nSPS) is 20.5. The van der Waals surface area contributed by atoms with E-state index >= 15 is 0 Å². The summed E-state index contributed by atoms with van der Waals surface area (Å²) in [5.74, 6) is 1.51. The Morgan fingerprint density at radius 3 is 2.65 bits per heavy atom. The first kappa shape index (κ1) is 34.5. The molecular weight excluding hydrogens is 667 g/mol. The van der Waals surface area contributed by atoms with Crippen molar-refractivity contribution in [3.63, 3.8) is 0 Å². The molecule has 276 valence electrons. The van der Waals surface area contributed by atoms with Crippen molar-refractivity contribution in [1.82, 2.24) is 35.0 Å². The van der Waals surface area contributed by atoms with Gasteiger partial charge in [0.15, 0.2) is 11.6 Å². The van der Waals surface area contributed by atoms with Gasteiger partial charge in [0.25, 0.3) is 5.91 Å². The van der Waals surface area contributed by atoms with Crippen molar-refractivity contribution in [1.29, 1.82) is 0 Å². The number of benzene rings is 1. The Morgan fingerprint density at radius 2 is 1.90 bits per heavy atom. The van der Waals surface area contributed by atoms with Crippen LogP contribution in [0.25, 0.3) is 0 Å². The molecule has 52 heavy (non-hydrogen) atoms. The van der Waals surface area contributed by atoms with Gasteiger partial charge >= 0.3 is 6.09 Å². The van der Waals surface area contributed by atoms with Crippen molar-refractivity contribution in [3.05, 3.63) is 65.6 Å². The topological polar surface area (TPSA) is 125 Å². The molecule has 8 rings (SSSR count). The van der Waals surface area contributed by atoms with E-state index in [1.807, 2.05) is 33.0 Å². The Bertz CT molecular complexity index is 1820. The Balaban J connectivity index is 0.844. The van der Waals surface area contributed by atoms with Crippen molar-refractivity contribution in [3.8, 4) is 17.2 Å². The van der Waals surface area contributed by atoms with Gasteiger partial charge in [-0.25, -0.2) is 19.2 Å². The minimum Gasteiger partial charge on any atom is -0.490 e. The number of aromatic nitrogens is 3. The largest absolute Gasteiger partial charge is 0.490 e. The molecule has 1 aromatic carbocycles. The summed E-state index contributed by atoms with van der Waals surface area (Å²) in [6, 6.07) is 5.99. The molecule has 0 bridgehead atoms. The van der Waals surface area contributed by atoms with E-state index in [-0.39, 0.29) is 46.4 Å². The van der Waals surface area contributed by atoms with Crippen LogP contribution in [0.2, 0.25) is 0 Å². The molecule has 1 saturated carbocycles. The maximum absolute atomic E-state index is 14.3. The lowest BCUT2D eigenvalue weighted by Crippen LogP contribution is -2.68. The fourth-order valence-corrected chi connectivity index (χ4v) is 8.65. The third-order valence-electron chi connectivity index (χ3n) is 11.2. The molecule has 6 heterocycles. The zero-order valence-electron chi connectivity index (χ0n) is 30.1. The first-order chi connectivity index (χ1) is 25.1. The van der Waals surface area contributed by atoms with E-state index in [9.17, 15) is 14.0 Å². The van der Waals surface area contributed by atoms with E-state index in [0.717, 1.165) is 89.5 Å². The summed E-state index contributed by atoms with van der Waals surface area (Å²) in [5, 5.41) is 2.96. The molecule has 13 nitrogen and oxygen atoms in total. The molecule has 3 saturated heterocycles. The summed E-state index contributed by atoms with van der Waals surface area (Å²) >= 11 is 0. The summed E-state index contributed by atoms with van der Waals surface area (Å²) in [6.45, 7) is 13.9. The second-order valence-corrected chi connectivity index (χ2v) is 15.4. The molecule has 0 radical (unpaired) electrons. The van der Waals surface area contributed by atoms with Gasteiger partial charge in [0, 0.05) is 81.1 Å². The van der Waals surface area contributed by atoms with Gasteiger partial charge in [-0.1, -0.05) is 0 Å². The van der Waals surface area contributed by atoms with Crippen molar-refractivity contribution < 1.29 is 28.2 Å². The molecule has 0 unspecified atom stereocenters.